The number of rotatable bonds is 9. The highest BCUT2D eigenvalue weighted by atomic mass is 79.9. The molecule has 3 nitrogen and oxygen atoms in total. The van der Waals surface area contributed by atoms with E-state index in [1.165, 1.54) is 12.8 Å². The van der Waals surface area contributed by atoms with Crippen LogP contribution in [0.5, 0.6) is 0 Å². The SMILES string of the molecule is Cc1oc(-c2ccccc2)nc1CCOCCCCCBr. The highest BCUT2D eigenvalue weighted by Crippen LogP contribution is 2.21. The van der Waals surface area contributed by atoms with E-state index >= 15 is 0 Å². The molecule has 0 saturated carbocycles. The molecule has 0 N–H and O–H groups in total. The molecule has 2 aromatic rings. The average Bonchev–Trinajstić information content (AvgIpc) is 2.88. The van der Waals surface area contributed by atoms with Crippen LogP contribution >= 0.6 is 15.9 Å². The normalized spacial score (nSPS) is 11.0. The first-order valence-corrected chi connectivity index (χ1v) is 8.59. The molecule has 1 aromatic heterocycles. The second-order valence-corrected chi connectivity index (χ2v) is 5.79. The van der Waals surface area contributed by atoms with Crippen molar-refractivity contribution in [1.29, 1.82) is 0 Å². The van der Waals surface area contributed by atoms with Crippen LogP contribution in [0.4, 0.5) is 0 Å². The van der Waals surface area contributed by atoms with Gasteiger partial charge in [-0.1, -0.05) is 40.5 Å². The second kappa shape index (κ2) is 9.00. The lowest BCUT2D eigenvalue weighted by Crippen LogP contribution is -2.01. The van der Waals surface area contributed by atoms with Crippen molar-refractivity contribution in [2.45, 2.75) is 32.6 Å². The number of hydrogen-bond acceptors (Lipinski definition) is 3. The Morgan fingerprint density at radius 3 is 2.67 bits per heavy atom. The lowest BCUT2D eigenvalue weighted by atomic mass is 10.2. The number of benzene rings is 1. The number of ether oxygens (including phenoxy) is 1. The quantitative estimate of drug-likeness (QED) is 0.481. The summed E-state index contributed by atoms with van der Waals surface area (Å²) in [4.78, 5) is 4.57. The van der Waals surface area contributed by atoms with Crippen molar-refractivity contribution in [3.8, 4) is 11.5 Å². The molecule has 0 unspecified atom stereocenters. The molecule has 0 atom stereocenters. The molecular weight excluding hydrogens is 330 g/mol. The van der Waals surface area contributed by atoms with Gasteiger partial charge in [0, 0.05) is 23.9 Å². The van der Waals surface area contributed by atoms with Crippen molar-refractivity contribution >= 4 is 15.9 Å². The Kier molecular flexibility index (Phi) is 6.96. The molecule has 0 aliphatic carbocycles. The van der Waals surface area contributed by atoms with Gasteiger partial charge < -0.3 is 9.15 Å². The molecule has 0 saturated heterocycles. The highest BCUT2D eigenvalue weighted by molar-refractivity contribution is 9.09. The monoisotopic (exact) mass is 351 g/mol. The van der Waals surface area contributed by atoms with Gasteiger partial charge in [-0.2, -0.15) is 0 Å². The molecule has 1 heterocycles. The van der Waals surface area contributed by atoms with Crippen LogP contribution in [0.15, 0.2) is 34.7 Å². The molecule has 0 aliphatic rings. The van der Waals surface area contributed by atoms with E-state index < -0.39 is 0 Å². The van der Waals surface area contributed by atoms with Crippen molar-refractivity contribution in [3.63, 3.8) is 0 Å². The largest absolute Gasteiger partial charge is 0.441 e. The van der Waals surface area contributed by atoms with Gasteiger partial charge in [-0.3, -0.25) is 0 Å². The molecule has 114 valence electrons. The lowest BCUT2D eigenvalue weighted by molar-refractivity contribution is 0.132. The average molecular weight is 352 g/mol. The van der Waals surface area contributed by atoms with E-state index in [1.54, 1.807) is 0 Å². The third-order valence-corrected chi connectivity index (χ3v) is 3.88. The second-order valence-electron chi connectivity index (χ2n) is 5.00. The summed E-state index contributed by atoms with van der Waals surface area (Å²) in [7, 11) is 0. The van der Waals surface area contributed by atoms with Gasteiger partial charge in [0.15, 0.2) is 0 Å². The van der Waals surface area contributed by atoms with Crippen molar-refractivity contribution in [2.24, 2.45) is 0 Å². The fourth-order valence-corrected chi connectivity index (χ4v) is 2.51. The number of alkyl halides is 1. The van der Waals surface area contributed by atoms with Gasteiger partial charge >= 0.3 is 0 Å². The fraction of sp³-hybridized carbons (Fsp3) is 0.471. The lowest BCUT2D eigenvalue weighted by Gasteiger charge is -2.02. The maximum atomic E-state index is 5.74. The number of oxazole rings is 1. The summed E-state index contributed by atoms with van der Waals surface area (Å²) in [6.07, 6.45) is 4.36. The molecule has 21 heavy (non-hydrogen) atoms. The molecule has 0 bridgehead atoms. The van der Waals surface area contributed by atoms with Gasteiger partial charge in [0.1, 0.15) is 5.76 Å². The van der Waals surface area contributed by atoms with Crippen molar-refractivity contribution in [1.82, 2.24) is 4.98 Å². The number of unbranched alkanes of at least 4 members (excludes halogenated alkanes) is 2. The van der Waals surface area contributed by atoms with Crippen molar-refractivity contribution < 1.29 is 9.15 Å². The van der Waals surface area contributed by atoms with Crippen LogP contribution in [-0.2, 0) is 11.2 Å². The minimum atomic E-state index is 0.695. The van der Waals surface area contributed by atoms with Crippen LogP contribution in [0.2, 0.25) is 0 Å². The van der Waals surface area contributed by atoms with E-state index in [1.807, 2.05) is 37.3 Å². The van der Waals surface area contributed by atoms with Gasteiger partial charge in [0.2, 0.25) is 5.89 Å². The molecule has 2 rings (SSSR count). The van der Waals surface area contributed by atoms with E-state index in [0.717, 1.165) is 41.8 Å². The molecule has 1 aromatic carbocycles. The van der Waals surface area contributed by atoms with Gasteiger partial charge in [-0.05, 0) is 31.9 Å². The Morgan fingerprint density at radius 2 is 1.90 bits per heavy atom. The molecule has 0 fully saturated rings. The van der Waals surface area contributed by atoms with Gasteiger partial charge in [-0.15, -0.1) is 0 Å². The summed E-state index contributed by atoms with van der Waals surface area (Å²) >= 11 is 3.43. The molecule has 0 amide bonds. The molecule has 0 spiro atoms. The molecular formula is C17H22BrNO2. The van der Waals surface area contributed by atoms with E-state index in [0.29, 0.717) is 12.5 Å². The highest BCUT2D eigenvalue weighted by Gasteiger charge is 2.10. The van der Waals surface area contributed by atoms with E-state index in [2.05, 4.69) is 20.9 Å². The van der Waals surface area contributed by atoms with Crippen LogP contribution in [0.3, 0.4) is 0 Å². The van der Waals surface area contributed by atoms with Crippen LogP contribution in [0.1, 0.15) is 30.7 Å². The first kappa shape index (κ1) is 16.2. The van der Waals surface area contributed by atoms with Crippen LogP contribution in [-0.4, -0.2) is 23.5 Å². The first-order chi connectivity index (χ1) is 10.3. The van der Waals surface area contributed by atoms with Crippen LogP contribution in [0.25, 0.3) is 11.5 Å². The van der Waals surface area contributed by atoms with Gasteiger partial charge in [0.05, 0.1) is 12.3 Å². The Labute approximate surface area is 134 Å². The zero-order chi connectivity index (χ0) is 14.9. The molecule has 0 radical (unpaired) electrons. The Bertz CT molecular complexity index is 525. The third-order valence-electron chi connectivity index (χ3n) is 3.32. The number of hydrogen-bond donors (Lipinski definition) is 0. The number of halogens is 1. The Balaban J connectivity index is 1.78. The molecule has 0 aliphatic heterocycles. The number of aromatic nitrogens is 1. The Hall–Kier alpha value is -1.13. The van der Waals surface area contributed by atoms with Crippen molar-refractivity contribution in [3.05, 3.63) is 41.8 Å². The smallest absolute Gasteiger partial charge is 0.226 e. The maximum Gasteiger partial charge on any atom is 0.226 e. The molecule has 4 heteroatoms. The zero-order valence-electron chi connectivity index (χ0n) is 12.5. The number of aryl methyl sites for hydroxylation is 1. The van der Waals surface area contributed by atoms with Gasteiger partial charge in [0.25, 0.3) is 0 Å². The fourth-order valence-electron chi connectivity index (χ4n) is 2.11. The summed E-state index contributed by atoms with van der Waals surface area (Å²) in [5, 5.41) is 1.08. The van der Waals surface area contributed by atoms with Gasteiger partial charge in [-0.25, -0.2) is 4.98 Å². The summed E-state index contributed by atoms with van der Waals surface area (Å²) in [6, 6.07) is 9.99. The number of nitrogens with zero attached hydrogens (tertiary/aromatic N) is 1. The minimum Gasteiger partial charge on any atom is -0.441 e. The first-order valence-electron chi connectivity index (χ1n) is 7.46. The van der Waals surface area contributed by atoms with Crippen molar-refractivity contribution in [2.75, 3.05) is 18.5 Å². The minimum absolute atomic E-state index is 0.695. The predicted octanol–water partition coefficient (Wildman–Crippen LogP) is 4.77. The van der Waals surface area contributed by atoms with Crippen LogP contribution < -0.4 is 0 Å². The zero-order valence-corrected chi connectivity index (χ0v) is 14.1. The maximum absolute atomic E-state index is 5.74. The van der Waals surface area contributed by atoms with Crippen LogP contribution in [0, 0.1) is 6.92 Å². The summed E-state index contributed by atoms with van der Waals surface area (Å²) in [5.74, 6) is 1.58. The summed E-state index contributed by atoms with van der Waals surface area (Å²) in [6.45, 7) is 3.50. The topological polar surface area (TPSA) is 35.3 Å². The predicted molar refractivity (Wildman–Crippen MR) is 88.8 cm³/mol. The Morgan fingerprint density at radius 1 is 1.10 bits per heavy atom. The summed E-state index contributed by atoms with van der Waals surface area (Å²) in [5.41, 5.74) is 2.01. The standard InChI is InChI=1S/C17H22BrNO2/c1-14-16(10-13-20-12-7-3-6-11-18)19-17(21-14)15-8-4-2-5-9-15/h2,4-5,8-9H,3,6-7,10-13H2,1H3. The van der Waals surface area contributed by atoms with E-state index in [9.17, 15) is 0 Å². The summed E-state index contributed by atoms with van der Waals surface area (Å²) < 4.78 is 11.4. The van der Waals surface area contributed by atoms with E-state index in [-0.39, 0.29) is 0 Å². The third kappa shape index (κ3) is 5.29. The van der Waals surface area contributed by atoms with E-state index in [4.69, 9.17) is 9.15 Å².